The van der Waals surface area contributed by atoms with E-state index in [4.69, 9.17) is 9.47 Å². The predicted octanol–water partition coefficient (Wildman–Crippen LogP) is 6.01. The zero-order valence-corrected chi connectivity index (χ0v) is 22.9. The lowest BCUT2D eigenvalue weighted by Crippen LogP contribution is -2.43. The fourth-order valence-corrected chi connectivity index (χ4v) is 6.47. The maximum absolute atomic E-state index is 13.6. The van der Waals surface area contributed by atoms with Crippen LogP contribution in [0.25, 0.3) is 0 Å². The number of ketones is 2. The summed E-state index contributed by atoms with van der Waals surface area (Å²) >= 11 is 2.26. The molecule has 1 heterocycles. The smallest absolute Gasteiger partial charge is 0.174 e. The van der Waals surface area contributed by atoms with Crippen LogP contribution in [-0.2, 0) is 9.59 Å². The Morgan fingerprint density at radius 1 is 0.970 bits per heavy atom. The highest BCUT2D eigenvalue weighted by Crippen LogP contribution is 2.54. The number of Topliss-reactive ketones (excluding diaryl/α,β-unsaturated/α-hetero) is 2. The molecule has 1 aromatic carbocycles. The van der Waals surface area contributed by atoms with Crippen molar-refractivity contribution in [2.75, 3.05) is 20.8 Å². The monoisotopic (exact) mass is 563 g/mol. The summed E-state index contributed by atoms with van der Waals surface area (Å²) in [6, 6.07) is 4.01. The first-order valence-corrected chi connectivity index (χ1v) is 12.7. The van der Waals surface area contributed by atoms with Gasteiger partial charge in [0.1, 0.15) is 0 Å². The maximum atomic E-state index is 13.6. The molecule has 0 radical (unpaired) electrons. The van der Waals surface area contributed by atoms with Gasteiger partial charge in [0.25, 0.3) is 0 Å². The second-order valence-electron chi connectivity index (χ2n) is 11.1. The van der Waals surface area contributed by atoms with Crippen LogP contribution in [0.4, 0.5) is 0 Å². The molecule has 6 heteroatoms. The van der Waals surface area contributed by atoms with Gasteiger partial charge in [0.2, 0.25) is 0 Å². The summed E-state index contributed by atoms with van der Waals surface area (Å²) in [4.78, 5) is 29.4. The van der Waals surface area contributed by atoms with Crippen LogP contribution < -0.4 is 9.47 Å². The third-order valence-electron chi connectivity index (χ3n) is 7.05. The third kappa shape index (κ3) is 4.24. The number of allylic oxidation sites excluding steroid dienone is 4. The van der Waals surface area contributed by atoms with Gasteiger partial charge in [-0.3, -0.25) is 9.59 Å². The van der Waals surface area contributed by atoms with Crippen molar-refractivity contribution in [1.29, 1.82) is 0 Å². The van der Waals surface area contributed by atoms with Crippen molar-refractivity contribution in [2.24, 2.45) is 10.8 Å². The number of hydrogen-bond donors (Lipinski definition) is 0. The van der Waals surface area contributed by atoms with Crippen molar-refractivity contribution in [1.82, 2.24) is 4.90 Å². The van der Waals surface area contributed by atoms with E-state index in [1.54, 1.807) is 7.11 Å². The summed E-state index contributed by atoms with van der Waals surface area (Å²) in [5.74, 6) is 1.26. The standard InChI is InChI=1S/C27H34INO4/c1-8-33-25-16(28)9-15(10-21(25)32-7)22-23-17(11-26(2,3)13-19(23)30)29(6)18-12-27(4,5)14-20(31)24(18)22/h9-10,22H,8,11-14H2,1-7H3. The normalized spacial score (nSPS) is 22.4. The van der Waals surface area contributed by atoms with E-state index >= 15 is 0 Å². The van der Waals surface area contributed by atoms with E-state index in [0.717, 1.165) is 44.5 Å². The summed E-state index contributed by atoms with van der Waals surface area (Å²) in [5.41, 5.74) is 4.41. The van der Waals surface area contributed by atoms with E-state index in [0.29, 0.717) is 30.9 Å². The van der Waals surface area contributed by atoms with Gasteiger partial charge in [-0.25, -0.2) is 0 Å². The van der Waals surface area contributed by atoms with Gasteiger partial charge in [0, 0.05) is 48.3 Å². The number of benzene rings is 1. The molecule has 0 amide bonds. The third-order valence-corrected chi connectivity index (χ3v) is 7.86. The molecule has 0 bridgehead atoms. The number of nitrogens with zero attached hydrogens (tertiary/aromatic N) is 1. The second kappa shape index (κ2) is 8.43. The van der Waals surface area contributed by atoms with Gasteiger partial charge in [-0.1, -0.05) is 27.7 Å². The van der Waals surface area contributed by atoms with Crippen LogP contribution in [-0.4, -0.2) is 37.2 Å². The van der Waals surface area contributed by atoms with Gasteiger partial charge in [-0.05, 0) is 70.9 Å². The first-order valence-electron chi connectivity index (χ1n) is 11.7. The van der Waals surface area contributed by atoms with Crippen molar-refractivity contribution < 1.29 is 19.1 Å². The van der Waals surface area contributed by atoms with Crippen LogP contribution in [0.3, 0.4) is 0 Å². The lowest BCUT2D eigenvalue weighted by atomic mass is 9.64. The van der Waals surface area contributed by atoms with E-state index in [1.165, 1.54) is 0 Å². The van der Waals surface area contributed by atoms with Gasteiger partial charge in [-0.15, -0.1) is 0 Å². The number of hydrogen-bond acceptors (Lipinski definition) is 5. The molecule has 0 saturated carbocycles. The molecule has 0 atom stereocenters. The predicted molar refractivity (Wildman–Crippen MR) is 137 cm³/mol. The van der Waals surface area contributed by atoms with Gasteiger partial charge in [-0.2, -0.15) is 0 Å². The molecular weight excluding hydrogens is 529 g/mol. The van der Waals surface area contributed by atoms with E-state index in [1.807, 2.05) is 20.0 Å². The second-order valence-corrected chi connectivity index (χ2v) is 12.2. The van der Waals surface area contributed by atoms with Crippen LogP contribution in [0.2, 0.25) is 0 Å². The highest BCUT2D eigenvalue weighted by Gasteiger charge is 2.48. The molecule has 178 valence electrons. The Morgan fingerprint density at radius 3 is 1.94 bits per heavy atom. The first kappa shape index (κ1) is 24.3. The van der Waals surface area contributed by atoms with Crippen LogP contribution >= 0.6 is 22.6 Å². The molecule has 0 fully saturated rings. The molecule has 0 spiro atoms. The maximum Gasteiger partial charge on any atom is 0.174 e. The Balaban J connectivity index is 1.98. The van der Waals surface area contributed by atoms with E-state index < -0.39 is 0 Å². The molecule has 0 N–H and O–H groups in total. The van der Waals surface area contributed by atoms with E-state index in [2.05, 4.69) is 61.3 Å². The zero-order chi connectivity index (χ0) is 24.3. The van der Waals surface area contributed by atoms with Crippen molar-refractivity contribution >= 4 is 34.2 Å². The van der Waals surface area contributed by atoms with E-state index in [-0.39, 0.29) is 28.3 Å². The fraction of sp³-hybridized carbons (Fsp3) is 0.556. The van der Waals surface area contributed by atoms with Crippen molar-refractivity contribution in [2.45, 2.75) is 66.2 Å². The minimum atomic E-state index is -0.364. The summed E-state index contributed by atoms with van der Waals surface area (Å²) in [5, 5.41) is 0. The Labute approximate surface area is 210 Å². The molecule has 1 aliphatic heterocycles. The molecule has 3 aliphatic rings. The highest BCUT2D eigenvalue weighted by molar-refractivity contribution is 14.1. The van der Waals surface area contributed by atoms with E-state index in [9.17, 15) is 9.59 Å². The summed E-state index contributed by atoms with van der Waals surface area (Å²) in [6.45, 7) is 11.1. The first-order chi connectivity index (χ1) is 15.4. The average molecular weight is 563 g/mol. The quantitative estimate of drug-likeness (QED) is 0.420. The van der Waals surface area contributed by atoms with Gasteiger partial charge >= 0.3 is 0 Å². The number of halogens is 1. The molecule has 1 aromatic rings. The number of rotatable bonds is 4. The Kier molecular flexibility index (Phi) is 6.21. The minimum Gasteiger partial charge on any atom is -0.493 e. The Hall–Kier alpha value is -1.83. The Bertz CT molecular complexity index is 1040. The zero-order valence-electron chi connectivity index (χ0n) is 20.7. The summed E-state index contributed by atoms with van der Waals surface area (Å²) in [7, 11) is 3.66. The summed E-state index contributed by atoms with van der Waals surface area (Å²) < 4.78 is 12.4. The van der Waals surface area contributed by atoms with Gasteiger partial charge in [0.15, 0.2) is 23.1 Å². The number of methoxy groups -OCH3 is 1. The average Bonchev–Trinajstić information content (AvgIpc) is 2.69. The lowest BCUT2D eigenvalue weighted by Gasteiger charge is -2.48. The van der Waals surface area contributed by atoms with Gasteiger partial charge < -0.3 is 14.4 Å². The number of carbonyl (C=O) groups is 2. The lowest BCUT2D eigenvalue weighted by molar-refractivity contribution is -0.119. The van der Waals surface area contributed by atoms with Crippen molar-refractivity contribution in [3.05, 3.63) is 43.8 Å². The van der Waals surface area contributed by atoms with Crippen LogP contribution in [0.15, 0.2) is 34.7 Å². The van der Waals surface area contributed by atoms with Crippen LogP contribution in [0, 0.1) is 14.4 Å². The topological polar surface area (TPSA) is 55.8 Å². The molecule has 33 heavy (non-hydrogen) atoms. The molecule has 2 aliphatic carbocycles. The molecule has 0 aromatic heterocycles. The number of carbonyl (C=O) groups excluding carboxylic acids is 2. The van der Waals surface area contributed by atoms with Gasteiger partial charge in [0.05, 0.1) is 17.3 Å². The number of ether oxygens (including phenoxy) is 2. The fourth-order valence-electron chi connectivity index (χ4n) is 5.69. The molecule has 0 saturated heterocycles. The molecule has 4 rings (SSSR count). The van der Waals surface area contributed by atoms with Crippen LogP contribution in [0.5, 0.6) is 11.5 Å². The molecule has 0 unspecified atom stereocenters. The molecule has 5 nitrogen and oxygen atoms in total. The molecular formula is C27H34INO4. The van der Waals surface area contributed by atoms with Crippen molar-refractivity contribution in [3.8, 4) is 11.5 Å². The highest BCUT2D eigenvalue weighted by atomic mass is 127. The summed E-state index contributed by atoms with van der Waals surface area (Å²) in [6.07, 6.45) is 2.61. The van der Waals surface area contributed by atoms with Crippen LogP contribution in [0.1, 0.15) is 71.8 Å². The van der Waals surface area contributed by atoms with Crippen molar-refractivity contribution in [3.63, 3.8) is 0 Å². The Morgan fingerprint density at radius 2 is 1.48 bits per heavy atom. The SMILES string of the molecule is CCOc1c(I)cc(C2C3=C(CC(C)(C)CC3=O)N(C)C3=C2C(=O)CC(C)(C)C3)cc1OC. The minimum absolute atomic E-state index is 0.105. The largest absolute Gasteiger partial charge is 0.493 e.